The van der Waals surface area contributed by atoms with Crippen molar-refractivity contribution in [2.45, 2.75) is 31.5 Å². The Hall–Kier alpha value is 0.890. The van der Waals surface area contributed by atoms with Crippen LogP contribution in [0.15, 0.2) is 0 Å². The predicted molar refractivity (Wildman–Crippen MR) is 101 cm³/mol. The molecule has 0 aliphatic carbocycles. The van der Waals surface area contributed by atoms with Crippen molar-refractivity contribution in [3.63, 3.8) is 0 Å². The van der Waals surface area contributed by atoms with Crippen LogP contribution < -0.4 is 21.3 Å². The molecule has 122 valence electrons. The Balaban J connectivity index is 3.99. The Morgan fingerprint density at radius 3 is 1.80 bits per heavy atom. The number of thiol groups is 3. The first-order valence-corrected chi connectivity index (χ1v) is 9.28. The summed E-state index contributed by atoms with van der Waals surface area (Å²) in [6, 6.07) is 1.26. The third-order valence-corrected chi connectivity index (χ3v) is 4.31. The van der Waals surface area contributed by atoms with Gasteiger partial charge in [-0.05, 0) is 25.8 Å². The molecule has 0 bridgehead atoms. The molecule has 0 saturated carbocycles. The standard InChI is InChI=1S/C13H32N4S3/c1-3-15-12(9-19)7-17-13(10-20)8-16-11(4-5-18)6-14-2/h11-20H,3-10H2,1-2H3/t11-,12+,13+/m0/s1. The molecule has 0 spiro atoms. The molecular weight excluding hydrogens is 308 g/mol. The van der Waals surface area contributed by atoms with E-state index in [1.165, 1.54) is 0 Å². The molecule has 0 aromatic rings. The topological polar surface area (TPSA) is 48.1 Å². The molecule has 0 unspecified atom stereocenters. The lowest BCUT2D eigenvalue weighted by Gasteiger charge is -2.24. The molecule has 0 amide bonds. The lowest BCUT2D eigenvalue weighted by molar-refractivity contribution is 0.417. The molecule has 20 heavy (non-hydrogen) atoms. The molecule has 0 aliphatic heterocycles. The summed E-state index contributed by atoms with van der Waals surface area (Å²) in [6.45, 7) is 5.91. The van der Waals surface area contributed by atoms with Crippen molar-refractivity contribution in [2.75, 3.05) is 50.5 Å². The molecule has 4 N–H and O–H groups in total. The minimum Gasteiger partial charge on any atom is -0.318 e. The Morgan fingerprint density at radius 2 is 1.35 bits per heavy atom. The lowest BCUT2D eigenvalue weighted by atomic mass is 10.2. The van der Waals surface area contributed by atoms with Gasteiger partial charge in [0.25, 0.3) is 0 Å². The molecule has 0 saturated heterocycles. The van der Waals surface area contributed by atoms with Gasteiger partial charge in [-0.2, -0.15) is 37.9 Å². The molecule has 0 radical (unpaired) electrons. The van der Waals surface area contributed by atoms with Gasteiger partial charge in [-0.15, -0.1) is 0 Å². The number of hydrogen-bond donors (Lipinski definition) is 7. The van der Waals surface area contributed by atoms with Gasteiger partial charge in [-0.3, -0.25) is 0 Å². The third-order valence-electron chi connectivity index (χ3n) is 3.17. The summed E-state index contributed by atoms with van der Waals surface area (Å²) < 4.78 is 0. The van der Waals surface area contributed by atoms with Crippen molar-refractivity contribution in [3.8, 4) is 0 Å². The van der Waals surface area contributed by atoms with E-state index in [-0.39, 0.29) is 0 Å². The minimum atomic E-state index is 0.374. The maximum Gasteiger partial charge on any atom is 0.0281 e. The Labute approximate surface area is 141 Å². The van der Waals surface area contributed by atoms with Crippen LogP contribution in [0.3, 0.4) is 0 Å². The largest absolute Gasteiger partial charge is 0.318 e. The molecule has 0 aromatic heterocycles. The van der Waals surface area contributed by atoms with E-state index in [2.05, 4.69) is 66.1 Å². The Morgan fingerprint density at radius 1 is 0.800 bits per heavy atom. The number of rotatable bonds is 14. The van der Waals surface area contributed by atoms with Crippen molar-refractivity contribution < 1.29 is 0 Å². The molecule has 3 atom stereocenters. The van der Waals surface area contributed by atoms with Gasteiger partial charge in [0.2, 0.25) is 0 Å². The van der Waals surface area contributed by atoms with Crippen molar-refractivity contribution >= 4 is 37.9 Å². The lowest BCUT2D eigenvalue weighted by Crippen LogP contribution is -2.50. The van der Waals surface area contributed by atoms with Gasteiger partial charge in [-0.1, -0.05) is 6.92 Å². The highest BCUT2D eigenvalue weighted by Crippen LogP contribution is 1.96. The maximum atomic E-state index is 4.43. The van der Waals surface area contributed by atoms with Crippen molar-refractivity contribution in [1.29, 1.82) is 0 Å². The normalized spacial score (nSPS) is 16.1. The highest BCUT2D eigenvalue weighted by Gasteiger charge is 2.12. The SMILES string of the molecule is CCN[C@@H](CS)CN[C@@H](CS)CN[C@@H](CCS)CNC. The molecule has 7 heteroatoms. The van der Waals surface area contributed by atoms with Crippen molar-refractivity contribution in [3.05, 3.63) is 0 Å². The van der Waals surface area contributed by atoms with E-state index < -0.39 is 0 Å². The smallest absolute Gasteiger partial charge is 0.0281 e. The average Bonchev–Trinajstić information content (AvgIpc) is 2.46. The van der Waals surface area contributed by atoms with Gasteiger partial charge in [-0.25, -0.2) is 0 Å². The van der Waals surface area contributed by atoms with Crippen LogP contribution in [0.5, 0.6) is 0 Å². The predicted octanol–water partition coefficient (Wildman–Crippen LogP) is 0.280. The zero-order chi connectivity index (χ0) is 15.2. The first-order chi connectivity index (χ1) is 9.71. The number of nitrogens with one attached hydrogen (secondary N) is 4. The molecule has 0 heterocycles. The summed E-state index contributed by atoms with van der Waals surface area (Å²) in [4.78, 5) is 0. The Kier molecular flexibility index (Phi) is 15.5. The molecule has 0 rings (SSSR count). The van der Waals surface area contributed by atoms with Gasteiger partial charge in [0, 0.05) is 49.3 Å². The van der Waals surface area contributed by atoms with Gasteiger partial charge in [0.1, 0.15) is 0 Å². The van der Waals surface area contributed by atoms with Crippen LogP contribution in [0, 0.1) is 0 Å². The number of likely N-dealkylation sites (N-methyl/N-ethyl adjacent to an activating group) is 2. The second-order valence-electron chi connectivity index (χ2n) is 4.90. The summed E-state index contributed by atoms with van der Waals surface area (Å²) in [7, 11) is 1.98. The van der Waals surface area contributed by atoms with Crippen LogP contribution in [0.25, 0.3) is 0 Å². The van der Waals surface area contributed by atoms with Crippen LogP contribution in [0.4, 0.5) is 0 Å². The van der Waals surface area contributed by atoms with E-state index >= 15 is 0 Å². The second-order valence-corrected chi connectivity index (χ2v) is 6.08. The summed E-state index contributed by atoms with van der Waals surface area (Å²) >= 11 is 13.1. The average molecular weight is 341 g/mol. The molecule has 0 fully saturated rings. The monoisotopic (exact) mass is 340 g/mol. The van der Waals surface area contributed by atoms with Crippen molar-refractivity contribution in [1.82, 2.24) is 21.3 Å². The van der Waals surface area contributed by atoms with E-state index in [0.29, 0.717) is 18.1 Å². The van der Waals surface area contributed by atoms with E-state index in [0.717, 1.165) is 49.9 Å². The first kappa shape index (κ1) is 20.9. The summed E-state index contributed by atoms with van der Waals surface area (Å²) in [5, 5.41) is 13.8. The van der Waals surface area contributed by atoms with Crippen LogP contribution in [-0.4, -0.2) is 68.6 Å². The van der Waals surface area contributed by atoms with Crippen LogP contribution in [0.1, 0.15) is 13.3 Å². The summed E-state index contributed by atoms with van der Waals surface area (Å²) in [6.07, 6.45) is 1.07. The quantitative estimate of drug-likeness (QED) is 0.232. The van der Waals surface area contributed by atoms with Gasteiger partial charge in [0.05, 0.1) is 0 Å². The van der Waals surface area contributed by atoms with E-state index in [1.54, 1.807) is 0 Å². The maximum absolute atomic E-state index is 4.43. The van der Waals surface area contributed by atoms with Gasteiger partial charge in [0.15, 0.2) is 0 Å². The van der Waals surface area contributed by atoms with Crippen LogP contribution >= 0.6 is 37.9 Å². The fourth-order valence-electron chi connectivity index (χ4n) is 1.99. The zero-order valence-corrected chi connectivity index (χ0v) is 15.4. The van der Waals surface area contributed by atoms with Crippen molar-refractivity contribution in [2.24, 2.45) is 0 Å². The fraction of sp³-hybridized carbons (Fsp3) is 1.00. The second kappa shape index (κ2) is 14.8. The van der Waals surface area contributed by atoms with Crippen LogP contribution in [-0.2, 0) is 0 Å². The van der Waals surface area contributed by atoms with E-state index in [9.17, 15) is 0 Å². The highest BCUT2D eigenvalue weighted by atomic mass is 32.1. The number of hydrogen-bond acceptors (Lipinski definition) is 7. The Bertz CT molecular complexity index is 204. The highest BCUT2D eigenvalue weighted by molar-refractivity contribution is 7.80. The van der Waals surface area contributed by atoms with E-state index in [4.69, 9.17) is 0 Å². The van der Waals surface area contributed by atoms with Gasteiger partial charge < -0.3 is 21.3 Å². The minimum absolute atomic E-state index is 0.374. The first-order valence-electron chi connectivity index (χ1n) is 7.39. The van der Waals surface area contributed by atoms with E-state index in [1.807, 2.05) is 7.05 Å². The summed E-state index contributed by atoms with van der Waals surface area (Å²) in [5.74, 6) is 2.57. The molecule has 4 nitrogen and oxygen atoms in total. The van der Waals surface area contributed by atoms with Crippen LogP contribution in [0.2, 0.25) is 0 Å². The molecule has 0 aliphatic rings. The zero-order valence-electron chi connectivity index (χ0n) is 12.7. The van der Waals surface area contributed by atoms with Gasteiger partial charge >= 0.3 is 0 Å². The summed E-state index contributed by atoms with van der Waals surface area (Å²) in [5.41, 5.74) is 0. The fourth-order valence-corrected chi connectivity index (χ4v) is 2.82. The molecule has 0 aromatic carbocycles. The third kappa shape index (κ3) is 10.6. The molecular formula is C13H32N4S3.